The van der Waals surface area contributed by atoms with Crippen LogP contribution in [0.3, 0.4) is 0 Å². The van der Waals surface area contributed by atoms with Gasteiger partial charge in [0.25, 0.3) is 5.88 Å². The molecule has 0 amide bonds. The van der Waals surface area contributed by atoms with E-state index in [1.165, 1.54) is 12.3 Å². The number of carboxylic acid groups (broad SMARTS) is 1. The topological polar surface area (TPSA) is 72.3 Å². The van der Waals surface area contributed by atoms with Crippen LogP contribution in [-0.4, -0.2) is 21.0 Å². The summed E-state index contributed by atoms with van der Waals surface area (Å²) in [6, 6.07) is 4.03. The minimum atomic E-state index is -4.52. The van der Waals surface area contributed by atoms with Crippen LogP contribution in [0.2, 0.25) is 0 Å². The summed E-state index contributed by atoms with van der Waals surface area (Å²) < 4.78 is 42.7. The minimum Gasteiger partial charge on any atom is -0.476 e. The third kappa shape index (κ3) is 3.02. The maximum atomic E-state index is 12.5. The van der Waals surface area contributed by atoms with Crippen LogP contribution in [0.5, 0.6) is 11.6 Å². The molecule has 104 valence electrons. The molecule has 0 saturated carbocycles. The third-order valence-corrected chi connectivity index (χ3v) is 2.24. The lowest BCUT2D eigenvalue weighted by molar-refractivity contribution is -0.137. The van der Waals surface area contributed by atoms with Crippen LogP contribution in [0, 0.1) is 0 Å². The number of alkyl halides is 3. The number of hydrogen-bond donors (Lipinski definition) is 1. The standard InChI is InChI=1S/C12H7F3N2O3/c13-12(14,15)7-2-1-3-8(6-7)20-10-9(11(18)19)16-4-5-17-10/h1-6H,(H,18,19). The molecule has 0 spiro atoms. The van der Waals surface area contributed by atoms with E-state index < -0.39 is 23.4 Å². The highest BCUT2D eigenvalue weighted by Crippen LogP contribution is 2.32. The van der Waals surface area contributed by atoms with Gasteiger partial charge in [0.1, 0.15) is 5.75 Å². The second-order valence-corrected chi connectivity index (χ2v) is 3.64. The normalized spacial score (nSPS) is 11.2. The number of nitrogens with zero attached hydrogens (tertiary/aromatic N) is 2. The van der Waals surface area contributed by atoms with Gasteiger partial charge in [-0.1, -0.05) is 6.07 Å². The van der Waals surface area contributed by atoms with Crippen LogP contribution >= 0.6 is 0 Å². The molecule has 0 bridgehead atoms. The van der Waals surface area contributed by atoms with Crippen LogP contribution in [0.1, 0.15) is 16.1 Å². The minimum absolute atomic E-state index is 0.178. The molecule has 1 aromatic heterocycles. The maximum absolute atomic E-state index is 12.5. The second kappa shape index (κ2) is 5.16. The van der Waals surface area contributed by atoms with E-state index in [4.69, 9.17) is 9.84 Å². The molecule has 1 N–H and O–H groups in total. The Hall–Kier alpha value is -2.64. The van der Waals surface area contributed by atoms with Crippen molar-refractivity contribution >= 4 is 5.97 Å². The van der Waals surface area contributed by atoms with Crippen LogP contribution < -0.4 is 4.74 Å². The van der Waals surface area contributed by atoms with Crippen molar-refractivity contribution in [3.63, 3.8) is 0 Å². The summed E-state index contributed by atoms with van der Waals surface area (Å²) in [4.78, 5) is 18.1. The number of aromatic nitrogens is 2. The zero-order chi connectivity index (χ0) is 14.8. The number of rotatable bonds is 3. The molecule has 0 fully saturated rings. The molecule has 2 rings (SSSR count). The summed E-state index contributed by atoms with van der Waals surface area (Å²) in [6.45, 7) is 0. The van der Waals surface area contributed by atoms with Gasteiger partial charge in [0, 0.05) is 12.4 Å². The monoisotopic (exact) mass is 284 g/mol. The molecule has 0 radical (unpaired) electrons. The summed E-state index contributed by atoms with van der Waals surface area (Å²) in [7, 11) is 0. The molecule has 1 aromatic carbocycles. The van der Waals surface area contributed by atoms with Gasteiger partial charge in [0.2, 0.25) is 5.69 Å². The number of carboxylic acids is 1. The molecule has 5 nitrogen and oxygen atoms in total. The van der Waals surface area contributed by atoms with Crippen LogP contribution in [0.15, 0.2) is 36.7 Å². The SMILES string of the molecule is O=C(O)c1nccnc1Oc1cccc(C(F)(F)F)c1. The van der Waals surface area contributed by atoms with Gasteiger partial charge in [-0.25, -0.2) is 14.8 Å². The summed E-state index contributed by atoms with van der Waals surface area (Å²) in [6.07, 6.45) is -2.20. The molecule has 20 heavy (non-hydrogen) atoms. The van der Waals surface area contributed by atoms with Crippen molar-refractivity contribution in [1.82, 2.24) is 9.97 Å². The summed E-state index contributed by atoms with van der Waals surface area (Å²) >= 11 is 0. The Morgan fingerprint density at radius 2 is 1.90 bits per heavy atom. The average molecular weight is 284 g/mol. The fourth-order valence-corrected chi connectivity index (χ4v) is 1.39. The zero-order valence-electron chi connectivity index (χ0n) is 9.76. The number of carbonyl (C=O) groups is 1. The molecule has 0 aliphatic carbocycles. The van der Waals surface area contributed by atoms with E-state index in [1.54, 1.807) is 0 Å². The van der Waals surface area contributed by atoms with Crippen molar-refractivity contribution in [2.75, 3.05) is 0 Å². The molecule has 0 saturated heterocycles. The number of halogens is 3. The molecule has 8 heteroatoms. The van der Waals surface area contributed by atoms with E-state index in [-0.39, 0.29) is 11.6 Å². The Balaban J connectivity index is 2.34. The molecule has 1 heterocycles. The second-order valence-electron chi connectivity index (χ2n) is 3.64. The van der Waals surface area contributed by atoms with Gasteiger partial charge in [0.05, 0.1) is 5.56 Å². The van der Waals surface area contributed by atoms with Gasteiger partial charge in [-0.15, -0.1) is 0 Å². The van der Waals surface area contributed by atoms with E-state index in [0.29, 0.717) is 0 Å². The lowest BCUT2D eigenvalue weighted by atomic mass is 10.2. The summed E-state index contributed by atoms with van der Waals surface area (Å²) in [5, 5.41) is 8.87. The molecule has 0 aliphatic rings. The predicted molar refractivity (Wildman–Crippen MR) is 60.5 cm³/mol. The van der Waals surface area contributed by atoms with E-state index >= 15 is 0 Å². The Kier molecular flexibility index (Phi) is 3.55. The first-order valence-electron chi connectivity index (χ1n) is 5.27. The first kappa shape index (κ1) is 13.8. The Labute approximate surface area is 110 Å². The Morgan fingerprint density at radius 1 is 1.20 bits per heavy atom. The highest BCUT2D eigenvalue weighted by atomic mass is 19.4. The van der Waals surface area contributed by atoms with E-state index in [2.05, 4.69) is 9.97 Å². The smallest absolute Gasteiger partial charge is 0.416 e. The number of benzene rings is 1. The first-order valence-corrected chi connectivity index (χ1v) is 5.27. The highest BCUT2D eigenvalue weighted by Gasteiger charge is 2.30. The summed E-state index contributed by atoms with van der Waals surface area (Å²) in [5.74, 6) is -1.94. The highest BCUT2D eigenvalue weighted by molar-refractivity contribution is 5.87. The van der Waals surface area contributed by atoms with Gasteiger partial charge in [0.15, 0.2) is 0 Å². The van der Waals surface area contributed by atoms with Gasteiger partial charge >= 0.3 is 12.1 Å². The quantitative estimate of drug-likeness (QED) is 0.938. The fraction of sp³-hybridized carbons (Fsp3) is 0.0833. The van der Waals surface area contributed by atoms with Crippen molar-refractivity contribution in [3.05, 3.63) is 47.9 Å². The first-order chi connectivity index (χ1) is 9.38. The molecule has 0 aliphatic heterocycles. The van der Waals surface area contributed by atoms with Crippen molar-refractivity contribution in [1.29, 1.82) is 0 Å². The Morgan fingerprint density at radius 3 is 2.55 bits per heavy atom. The van der Waals surface area contributed by atoms with Crippen LogP contribution in [0.25, 0.3) is 0 Å². The van der Waals surface area contributed by atoms with E-state index in [0.717, 1.165) is 24.4 Å². The van der Waals surface area contributed by atoms with Crippen LogP contribution in [-0.2, 0) is 6.18 Å². The van der Waals surface area contributed by atoms with E-state index in [1.807, 2.05) is 0 Å². The van der Waals surface area contributed by atoms with E-state index in [9.17, 15) is 18.0 Å². The Bertz CT molecular complexity index is 644. The van der Waals surface area contributed by atoms with Gasteiger partial charge in [-0.3, -0.25) is 0 Å². The molecular weight excluding hydrogens is 277 g/mol. The van der Waals surface area contributed by atoms with Gasteiger partial charge in [-0.2, -0.15) is 13.2 Å². The summed E-state index contributed by atoms with van der Waals surface area (Å²) in [5.41, 5.74) is -1.39. The third-order valence-electron chi connectivity index (χ3n) is 2.24. The lowest BCUT2D eigenvalue weighted by Crippen LogP contribution is -2.06. The zero-order valence-corrected chi connectivity index (χ0v) is 9.76. The van der Waals surface area contributed by atoms with Gasteiger partial charge < -0.3 is 9.84 Å². The van der Waals surface area contributed by atoms with Gasteiger partial charge in [-0.05, 0) is 18.2 Å². The van der Waals surface area contributed by atoms with Crippen molar-refractivity contribution < 1.29 is 27.8 Å². The number of hydrogen-bond acceptors (Lipinski definition) is 4. The van der Waals surface area contributed by atoms with Crippen LogP contribution in [0.4, 0.5) is 13.2 Å². The fourth-order valence-electron chi connectivity index (χ4n) is 1.39. The molecule has 2 aromatic rings. The van der Waals surface area contributed by atoms with Crippen molar-refractivity contribution in [2.45, 2.75) is 6.18 Å². The van der Waals surface area contributed by atoms with Crippen molar-refractivity contribution in [3.8, 4) is 11.6 Å². The number of aromatic carboxylic acids is 1. The average Bonchev–Trinajstić information content (AvgIpc) is 2.38. The largest absolute Gasteiger partial charge is 0.476 e. The molecule has 0 atom stereocenters. The predicted octanol–water partition coefficient (Wildman–Crippen LogP) is 2.99. The molecule has 0 unspecified atom stereocenters. The lowest BCUT2D eigenvalue weighted by Gasteiger charge is -2.10. The maximum Gasteiger partial charge on any atom is 0.416 e. The molecular formula is C12H7F3N2O3. The van der Waals surface area contributed by atoms with Crippen molar-refractivity contribution in [2.24, 2.45) is 0 Å². The number of ether oxygens (including phenoxy) is 1.